The number of aromatic nitrogens is 1. The smallest absolute Gasteiger partial charge is 0.306 e. The third-order valence-corrected chi connectivity index (χ3v) is 3.45. The van der Waals surface area contributed by atoms with Crippen LogP contribution < -0.4 is 4.90 Å². The van der Waals surface area contributed by atoms with Gasteiger partial charge in [0.1, 0.15) is 5.82 Å². The number of aliphatic carboxylic acids is 1. The van der Waals surface area contributed by atoms with E-state index >= 15 is 0 Å². The molecule has 0 aromatic carbocycles. The Kier molecular flexibility index (Phi) is 3.60. The number of carboxylic acids is 1. The molecule has 1 amide bonds. The number of amides is 1. The number of hydrogen-bond donors (Lipinski definition) is 1. The van der Waals surface area contributed by atoms with Crippen molar-refractivity contribution in [2.24, 2.45) is 11.8 Å². The van der Waals surface area contributed by atoms with Crippen LogP contribution in [0, 0.1) is 11.8 Å². The van der Waals surface area contributed by atoms with Crippen LogP contribution in [0.1, 0.15) is 19.3 Å². The Labute approximate surface area is 105 Å². The number of carbonyl (C=O) groups excluding carboxylic acids is 1. The zero-order chi connectivity index (χ0) is 13.1. The Morgan fingerprint density at radius 1 is 1.33 bits per heavy atom. The molecule has 0 spiro atoms. The number of anilines is 1. The second kappa shape index (κ2) is 5.16. The summed E-state index contributed by atoms with van der Waals surface area (Å²) in [6.07, 6.45) is 3.30. The summed E-state index contributed by atoms with van der Waals surface area (Å²) >= 11 is 0. The second-order valence-electron chi connectivity index (χ2n) is 4.63. The molecule has 1 aromatic rings. The summed E-state index contributed by atoms with van der Waals surface area (Å²) in [5.41, 5.74) is 0. The van der Waals surface area contributed by atoms with Gasteiger partial charge in [-0.15, -0.1) is 0 Å². The fourth-order valence-electron chi connectivity index (χ4n) is 2.37. The first-order valence-electron chi connectivity index (χ1n) is 6.01. The highest BCUT2D eigenvalue weighted by Crippen LogP contribution is 2.32. The summed E-state index contributed by atoms with van der Waals surface area (Å²) in [6, 6.07) is 5.38. The topological polar surface area (TPSA) is 70.5 Å². The van der Waals surface area contributed by atoms with Crippen molar-refractivity contribution in [3.63, 3.8) is 0 Å². The Morgan fingerprint density at radius 2 is 2.06 bits per heavy atom. The average Bonchev–Trinajstić information content (AvgIpc) is 2.88. The van der Waals surface area contributed by atoms with Crippen LogP contribution in [-0.2, 0) is 9.59 Å². The van der Waals surface area contributed by atoms with E-state index in [2.05, 4.69) is 4.98 Å². The van der Waals surface area contributed by atoms with Gasteiger partial charge in [-0.2, -0.15) is 0 Å². The summed E-state index contributed by atoms with van der Waals surface area (Å²) in [5, 5.41) is 8.93. The fraction of sp³-hybridized carbons (Fsp3) is 0.462. The highest BCUT2D eigenvalue weighted by Gasteiger charge is 2.35. The van der Waals surface area contributed by atoms with Crippen molar-refractivity contribution in [3.05, 3.63) is 24.4 Å². The third kappa shape index (κ3) is 2.50. The van der Waals surface area contributed by atoms with Gasteiger partial charge in [0.25, 0.3) is 0 Å². The molecule has 18 heavy (non-hydrogen) atoms. The van der Waals surface area contributed by atoms with Gasteiger partial charge in [0.2, 0.25) is 5.91 Å². The molecule has 1 heterocycles. The van der Waals surface area contributed by atoms with Crippen molar-refractivity contribution in [1.82, 2.24) is 4.98 Å². The van der Waals surface area contributed by atoms with Gasteiger partial charge in [0.05, 0.1) is 5.92 Å². The number of rotatable bonds is 3. The minimum Gasteiger partial charge on any atom is -0.481 e. The van der Waals surface area contributed by atoms with E-state index < -0.39 is 5.97 Å². The second-order valence-corrected chi connectivity index (χ2v) is 4.63. The summed E-state index contributed by atoms with van der Waals surface area (Å²) < 4.78 is 0. The Bertz CT molecular complexity index is 447. The van der Waals surface area contributed by atoms with Crippen LogP contribution in [-0.4, -0.2) is 29.0 Å². The number of nitrogens with zero attached hydrogens (tertiary/aromatic N) is 2. The lowest BCUT2D eigenvalue weighted by atomic mass is 10.0. The van der Waals surface area contributed by atoms with E-state index in [1.54, 1.807) is 25.4 Å². The van der Waals surface area contributed by atoms with Gasteiger partial charge < -0.3 is 5.11 Å². The molecule has 0 aliphatic heterocycles. The van der Waals surface area contributed by atoms with Gasteiger partial charge in [0.15, 0.2) is 0 Å². The quantitative estimate of drug-likeness (QED) is 0.881. The van der Waals surface area contributed by atoms with Crippen LogP contribution >= 0.6 is 0 Å². The first-order valence-corrected chi connectivity index (χ1v) is 6.01. The molecule has 1 N–H and O–H groups in total. The first-order chi connectivity index (χ1) is 8.59. The minimum atomic E-state index is -0.800. The SMILES string of the molecule is CN(C(=O)[C@@H]1CC[C@H](C(=O)O)C1)c1ccccn1. The molecule has 1 saturated carbocycles. The molecule has 5 heteroatoms. The van der Waals surface area contributed by atoms with E-state index in [0.717, 1.165) is 0 Å². The largest absolute Gasteiger partial charge is 0.481 e. The van der Waals surface area contributed by atoms with E-state index in [4.69, 9.17) is 5.11 Å². The molecule has 2 rings (SSSR count). The van der Waals surface area contributed by atoms with Gasteiger partial charge in [-0.1, -0.05) is 6.07 Å². The van der Waals surface area contributed by atoms with Gasteiger partial charge >= 0.3 is 5.97 Å². The van der Waals surface area contributed by atoms with E-state index in [9.17, 15) is 9.59 Å². The molecule has 0 bridgehead atoms. The maximum Gasteiger partial charge on any atom is 0.306 e. The van der Waals surface area contributed by atoms with Crippen LogP contribution in [0.25, 0.3) is 0 Å². The van der Waals surface area contributed by atoms with Gasteiger partial charge in [-0.05, 0) is 31.4 Å². The average molecular weight is 248 g/mol. The third-order valence-electron chi connectivity index (χ3n) is 3.45. The van der Waals surface area contributed by atoms with Gasteiger partial charge in [-0.25, -0.2) is 4.98 Å². The molecule has 1 aliphatic rings. The number of carbonyl (C=O) groups is 2. The van der Waals surface area contributed by atoms with Crippen molar-refractivity contribution in [1.29, 1.82) is 0 Å². The highest BCUT2D eigenvalue weighted by molar-refractivity contribution is 5.94. The summed E-state index contributed by atoms with van der Waals surface area (Å²) in [7, 11) is 1.68. The first kappa shape index (κ1) is 12.5. The fourth-order valence-corrected chi connectivity index (χ4v) is 2.37. The predicted octanol–water partition coefficient (Wildman–Crippen LogP) is 1.55. The van der Waals surface area contributed by atoms with E-state index in [-0.39, 0.29) is 17.7 Å². The summed E-state index contributed by atoms with van der Waals surface area (Å²) in [4.78, 5) is 28.7. The van der Waals surface area contributed by atoms with Crippen LogP contribution in [0.5, 0.6) is 0 Å². The van der Waals surface area contributed by atoms with Crippen molar-refractivity contribution in [2.75, 3.05) is 11.9 Å². The lowest BCUT2D eigenvalue weighted by Gasteiger charge is -2.19. The summed E-state index contributed by atoms with van der Waals surface area (Å²) in [5.74, 6) is -0.821. The Morgan fingerprint density at radius 3 is 2.61 bits per heavy atom. The van der Waals surface area contributed by atoms with Crippen LogP contribution in [0.15, 0.2) is 24.4 Å². The van der Waals surface area contributed by atoms with Gasteiger partial charge in [0, 0.05) is 19.2 Å². The zero-order valence-electron chi connectivity index (χ0n) is 10.2. The van der Waals surface area contributed by atoms with Crippen molar-refractivity contribution < 1.29 is 14.7 Å². The number of hydrogen-bond acceptors (Lipinski definition) is 3. The van der Waals surface area contributed by atoms with E-state index in [1.165, 1.54) is 4.90 Å². The standard InChI is InChI=1S/C13H16N2O3/c1-15(11-4-2-3-7-14-11)12(16)9-5-6-10(8-9)13(17)18/h2-4,7,9-10H,5-6,8H2,1H3,(H,17,18)/t9-,10+/m1/s1. The molecule has 1 aliphatic carbocycles. The molecular formula is C13H16N2O3. The molecule has 96 valence electrons. The van der Waals surface area contributed by atoms with Crippen LogP contribution in [0.4, 0.5) is 5.82 Å². The molecule has 2 atom stereocenters. The van der Waals surface area contributed by atoms with Crippen molar-refractivity contribution >= 4 is 17.7 Å². The van der Waals surface area contributed by atoms with Crippen molar-refractivity contribution in [3.8, 4) is 0 Å². The molecule has 5 nitrogen and oxygen atoms in total. The number of carboxylic acid groups (broad SMARTS) is 1. The maximum absolute atomic E-state index is 12.2. The molecule has 0 saturated heterocycles. The van der Waals surface area contributed by atoms with E-state index in [0.29, 0.717) is 25.1 Å². The predicted molar refractivity (Wildman–Crippen MR) is 66.1 cm³/mol. The Balaban J connectivity index is 2.02. The van der Waals surface area contributed by atoms with Crippen LogP contribution in [0.3, 0.4) is 0 Å². The lowest BCUT2D eigenvalue weighted by molar-refractivity contribution is -0.141. The molecule has 1 aromatic heterocycles. The summed E-state index contributed by atoms with van der Waals surface area (Å²) in [6.45, 7) is 0. The molecule has 0 radical (unpaired) electrons. The van der Waals surface area contributed by atoms with E-state index in [1.807, 2.05) is 6.07 Å². The van der Waals surface area contributed by atoms with Gasteiger partial charge in [-0.3, -0.25) is 14.5 Å². The highest BCUT2D eigenvalue weighted by atomic mass is 16.4. The lowest BCUT2D eigenvalue weighted by Crippen LogP contribution is -2.32. The normalized spacial score (nSPS) is 22.7. The number of pyridine rings is 1. The maximum atomic E-state index is 12.2. The zero-order valence-corrected chi connectivity index (χ0v) is 10.2. The Hall–Kier alpha value is -1.91. The molecule has 1 fully saturated rings. The van der Waals surface area contributed by atoms with Crippen molar-refractivity contribution in [2.45, 2.75) is 19.3 Å². The minimum absolute atomic E-state index is 0.0440. The monoisotopic (exact) mass is 248 g/mol. The molecule has 0 unspecified atom stereocenters. The van der Waals surface area contributed by atoms with Crippen LogP contribution in [0.2, 0.25) is 0 Å². The molecular weight excluding hydrogens is 232 g/mol.